The van der Waals surface area contributed by atoms with Gasteiger partial charge in [0.2, 0.25) is 0 Å². The maximum absolute atomic E-state index is 10.8. The number of nitrogens with two attached hydrogens (primary N) is 1. The van der Waals surface area contributed by atoms with Crippen LogP contribution in [-0.4, -0.2) is 16.6 Å². The van der Waals surface area contributed by atoms with Gasteiger partial charge in [-0.15, -0.1) is 12.4 Å². The fourth-order valence-corrected chi connectivity index (χ4v) is 2.31. The Labute approximate surface area is 105 Å². The third-order valence-corrected chi connectivity index (χ3v) is 3.34. The van der Waals surface area contributed by atoms with Crippen LogP contribution in [0.3, 0.4) is 0 Å². The quantitative estimate of drug-likeness (QED) is 0.860. The largest absolute Gasteiger partial charge is 0.480 e. The van der Waals surface area contributed by atoms with Gasteiger partial charge in [0, 0.05) is 5.02 Å². The van der Waals surface area contributed by atoms with E-state index in [-0.39, 0.29) is 18.3 Å². The molecular formula is C11H13Cl2NO2. The van der Waals surface area contributed by atoms with E-state index < -0.39 is 11.5 Å². The number of carboxylic acid groups (broad SMARTS) is 1. The van der Waals surface area contributed by atoms with E-state index in [1.165, 1.54) is 0 Å². The summed E-state index contributed by atoms with van der Waals surface area (Å²) >= 11 is 6.02. The summed E-state index contributed by atoms with van der Waals surface area (Å²) in [4.78, 5) is 10.8. The molecule has 0 aromatic heterocycles. The van der Waals surface area contributed by atoms with Gasteiger partial charge in [-0.05, 0) is 30.4 Å². The number of aliphatic carboxylic acids is 1. The molecule has 3 nitrogen and oxygen atoms in total. The molecule has 1 aliphatic carbocycles. The Kier molecular flexibility index (Phi) is 3.84. The van der Waals surface area contributed by atoms with Crippen molar-refractivity contribution in [1.29, 1.82) is 0 Å². The Hall–Kier alpha value is -0.770. The van der Waals surface area contributed by atoms with Crippen LogP contribution in [-0.2, 0) is 4.79 Å². The van der Waals surface area contributed by atoms with E-state index in [2.05, 4.69) is 0 Å². The van der Waals surface area contributed by atoms with Crippen LogP contribution in [0.15, 0.2) is 24.3 Å². The molecular weight excluding hydrogens is 249 g/mol. The minimum absolute atomic E-state index is 0. The molecule has 0 heterocycles. The summed E-state index contributed by atoms with van der Waals surface area (Å²) in [6.07, 6.45) is 0.929. The normalized spacial score (nSPS) is 27.8. The summed E-state index contributed by atoms with van der Waals surface area (Å²) in [6.45, 7) is 0. The molecule has 1 fully saturated rings. The van der Waals surface area contributed by atoms with Crippen LogP contribution >= 0.6 is 24.0 Å². The molecule has 1 aromatic rings. The number of hydrogen-bond donors (Lipinski definition) is 2. The van der Waals surface area contributed by atoms with Gasteiger partial charge in [0.25, 0.3) is 0 Å². The highest BCUT2D eigenvalue weighted by Gasteiger charge is 2.48. The van der Waals surface area contributed by atoms with E-state index in [0.717, 1.165) is 5.56 Å². The SMILES string of the molecule is Cl.NC1(C(=O)O)CC(c2ccccc2Cl)C1. The van der Waals surface area contributed by atoms with Crippen molar-refractivity contribution < 1.29 is 9.90 Å². The van der Waals surface area contributed by atoms with Crippen molar-refractivity contribution in [3.8, 4) is 0 Å². The lowest BCUT2D eigenvalue weighted by molar-refractivity contribution is -0.147. The van der Waals surface area contributed by atoms with E-state index in [0.29, 0.717) is 17.9 Å². The lowest BCUT2D eigenvalue weighted by Crippen LogP contribution is -2.57. The minimum atomic E-state index is -1.05. The summed E-state index contributed by atoms with van der Waals surface area (Å²) in [7, 11) is 0. The summed E-state index contributed by atoms with van der Waals surface area (Å²) in [5.74, 6) is -0.745. The molecule has 0 bridgehead atoms. The molecule has 0 amide bonds. The number of carbonyl (C=O) groups is 1. The van der Waals surface area contributed by atoms with Crippen molar-refractivity contribution in [2.24, 2.45) is 5.73 Å². The van der Waals surface area contributed by atoms with Gasteiger partial charge in [0.1, 0.15) is 5.54 Å². The van der Waals surface area contributed by atoms with E-state index in [9.17, 15) is 4.79 Å². The molecule has 1 saturated carbocycles. The van der Waals surface area contributed by atoms with Crippen LogP contribution < -0.4 is 5.73 Å². The van der Waals surface area contributed by atoms with E-state index >= 15 is 0 Å². The monoisotopic (exact) mass is 261 g/mol. The van der Waals surface area contributed by atoms with Crippen LogP contribution in [0.25, 0.3) is 0 Å². The first-order chi connectivity index (χ1) is 7.03. The molecule has 1 aliphatic rings. The van der Waals surface area contributed by atoms with Crippen molar-refractivity contribution >= 4 is 30.0 Å². The van der Waals surface area contributed by atoms with Gasteiger partial charge in [0.15, 0.2) is 0 Å². The number of carboxylic acids is 1. The van der Waals surface area contributed by atoms with Crippen molar-refractivity contribution in [2.75, 3.05) is 0 Å². The average molecular weight is 262 g/mol. The van der Waals surface area contributed by atoms with Gasteiger partial charge in [-0.2, -0.15) is 0 Å². The second-order valence-corrected chi connectivity index (χ2v) is 4.50. The molecule has 16 heavy (non-hydrogen) atoms. The fraction of sp³-hybridized carbons (Fsp3) is 0.364. The number of benzene rings is 1. The summed E-state index contributed by atoms with van der Waals surface area (Å²) < 4.78 is 0. The minimum Gasteiger partial charge on any atom is -0.480 e. The highest BCUT2D eigenvalue weighted by molar-refractivity contribution is 6.31. The third kappa shape index (κ3) is 2.17. The smallest absolute Gasteiger partial charge is 0.323 e. The average Bonchev–Trinajstić information content (AvgIpc) is 2.14. The number of hydrogen-bond acceptors (Lipinski definition) is 2. The topological polar surface area (TPSA) is 63.3 Å². The zero-order valence-electron chi connectivity index (χ0n) is 8.52. The number of rotatable bonds is 2. The van der Waals surface area contributed by atoms with Gasteiger partial charge >= 0.3 is 5.97 Å². The molecule has 3 N–H and O–H groups in total. The Balaban J connectivity index is 0.00000128. The second kappa shape index (κ2) is 4.62. The van der Waals surface area contributed by atoms with Gasteiger partial charge in [-0.25, -0.2) is 0 Å². The molecule has 0 saturated heterocycles. The molecule has 0 radical (unpaired) electrons. The van der Waals surface area contributed by atoms with E-state index in [1.54, 1.807) is 0 Å². The van der Waals surface area contributed by atoms with Gasteiger partial charge in [0.05, 0.1) is 0 Å². The Morgan fingerprint density at radius 1 is 1.44 bits per heavy atom. The standard InChI is InChI=1S/C11H12ClNO2.ClH/c12-9-4-2-1-3-8(9)7-5-11(13,6-7)10(14)15;/h1-4,7H,5-6,13H2,(H,14,15);1H. The zero-order chi connectivity index (χ0) is 11.1. The van der Waals surface area contributed by atoms with Gasteiger partial charge < -0.3 is 10.8 Å². The Morgan fingerprint density at radius 3 is 2.50 bits per heavy atom. The van der Waals surface area contributed by atoms with Crippen LogP contribution in [0.5, 0.6) is 0 Å². The molecule has 2 rings (SSSR count). The Morgan fingerprint density at radius 2 is 2.00 bits per heavy atom. The summed E-state index contributed by atoms with van der Waals surface area (Å²) in [5.41, 5.74) is 5.63. The maximum atomic E-state index is 10.8. The van der Waals surface area contributed by atoms with Crippen molar-refractivity contribution in [1.82, 2.24) is 0 Å². The molecule has 88 valence electrons. The van der Waals surface area contributed by atoms with Gasteiger partial charge in [-0.1, -0.05) is 29.8 Å². The van der Waals surface area contributed by atoms with Gasteiger partial charge in [-0.3, -0.25) is 4.79 Å². The number of halogens is 2. The highest BCUT2D eigenvalue weighted by atomic mass is 35.5. The van der Waals surface area contributed by atoms with Crippen LogP contribution in [0, 0.1) is 0 Å². The second-order valence-electron chi connectivity index (χ2n) is 4.09. The fourth-order valence-electron chi connectivity index (χ4n) is 2.02. The lowest BCUT2D eigenvalue weighted by atomic mass is 9.66. The first-order valence-electron chi connectivity index (χ1n) is 4.80. The predicted molar refractivity (Wildman–Crippen MR) is 65.2 cm³/mol. The maximum Gasteiger partial charge on any atom is 0.323 e. The van der Waals surface area contributed by atoms with Crippen LogP contribution in [0.4, 0.5) is 0 Å². The first kappa shape index (κ1) is 13.3. The van der Waals surface area contributed by atoms with Crippen LogP contribution in [0.1, 0.15) is 24.3 Å². The molecule has 0 spiro atoms. The lowest BCUT2D eigenvalue weighted by Gasteiger charge is -2.41. The van der Waals surface area contributed by atoms with E-state index in [1.807, 2.05) is 24.3 Å². The van der Waals surface area contributed by atoms with Crippen LogP contribution in [0.2, 0.25) is 5.02 Å². The van der Waals surface area contributed by atoms with E-state index in [4.69, 9.17) is 22.4 Å². The molecule has 0 aliphatic heterocycles. The molecule has 1 aromatic carbocycles. The highest BCUT2D eigenvalue weighted by Crippen LogP contribution is 2.45. The predicted octanol–water partition coefficient (Wildman–Crippen LogP) is 2.42. The molecule has 0 atom stereocenters. The van der Waals surface area contributed by atoms with Crippen molar-refractivity contribution in [2.45, 2.75) is 24.3 Å². The Bertz CT molecular complexity index is 403. The molecule has 5 heteroatoms. The first-order valence-corrected chi connectivity index (χ1v) is 5.17. The third-order valence-electron chi connectivity index (χ3n) is 2.99. The van der Waals surface area contributed by atoms with Crippen molar-refractivity contribution in [3.05, 3.63) is 34.9 Å². The van der Waals surface area contributed by atoms with Crippen molar-refractivity contribution in [3.63, 3.8) is 0 Å². The molecule has 0 unspecified atom stereocenters. The summed E-state index contributed by atoms with van der Waals surface area (Å²) in [6, 6.07) is 7.50. The zero-order valence-corrected chi connectivity index (χ0v) is 10.1. The summed E-state index contributed by atoms with van der Waals surface area (Å²) in [5, 5.41) is 9.56.